The lowest BCUT2D eigenvalue weighted by molar-refractivity contribution is 0.0933. The molecule has 1 atom stereocenters. The van der Waals surface area contributed by atoms with E-state index in [-0.39, 0.29) is 23.1 Å². The summed E-state index contributed by atoms with van der Waals surface area (Å²) >= 11 is 1.49. The van der Waals surface area contributed by atoms with Crippen molar-refractivity contribution < 1.29 is 9.18 Å². The predicted molar refractivity (Wildman–Crippen MR) is 125 cm³/mol. The number of aromatic nitrogens is 4. The number of halogens is 1. The van der Waals surface area contributed by atoms with E-state index in [9.17, 15) is 14.0 Å². The van der Waals surface area contributed by atoms with Crippen LogP contribution in [0.3, 0.4) is 0 Å². The van der Waals surface area contributed by atoms with Crippen LogP contribution in [0.1, 0.15) is 33.9 Å². The van der Waals surface area contributed by atoms with Crippen molar-refractivity contribution in [1.82, 2.24) is 30.2 Å². The lowest BCUT2D eigenvalue weighted by atomic mass is 10.1. The second kappa shape index (κ2) is 9.47. The molecule has 0 radical (unpaired) electrons. The molecule has 4 rings (SSSR count). The lowest BCUT2D eigenvalue weighted by Gasteiger charge is -2.12. The summed E-state index contributed by atoms with van der Waals surface area (Å²) in [6, 6.07) is 11.0. The van der Waals surface area contributed by atoms with Crippen molar-refractivity contribution in [1.29, 1.82) is 0 Å². The molecular weight excluding hydrogens is 443 g/mol. The van der Waals surface area contributed by atoms with Gasteiger partial charge in [0.05, 0.1) is 18.4 Å². The van der Waals surface area contributed by atoms with Crippen molar-refractivity contribution in [3.8, 4) is 16.1 Å². The van der Waals surface area contributed by atoms with E-state index in [0.29, 0.717) is 12.2 Å². The zero-order valence-corrected chi connectivity index (χ0v) is 19.2. The molecule has 10 heteroatoms. The molecule has 1 amide bonds. The highest BCUT2D eigenvalue weighted by Gasteiger charge is 2.17. The van der Waals surface area contributed by atoms with Crippen molar-refractivity contribution in [2.24, 2.45) is 7.05 Å². The van der Waals surface area contributed by atoms with Gasteiger partial charge in [-0.05, 0) is 55.4 Å². The highest BCUT2D eigenvalue weighted by atomic mass is 32.1. The Morgan fingerprint density at radius 2 is 2.03 bits per heavy atom. The first-order chi connectivity index (χ1) is 15.9. The molecule has 8 nitrogen and oxygen atoms in total. The summed E-state index contributed by atoms with van der Waals surface area (Å²) in [6.45, 7) is 2.48. The fraction of sp³-hybridized carbons (Fsp3) is 0.217. The largest absolute Gasteiger partial charge is 0.343 e. The number of benzene rings is 1. The van der Waals surface area contributed by atoms with E-state index in [1.165, 1.54) is 41.8 Å². The van der Waals surface area contributed by atoms with Crippen molar-refractivity contribution in [3.63, 3.8) is 0 Å². The molecule has 4 aromatic rings. The summed E-state index contributed by atoms with van der Waals surface area (Å²) in [5.74, 6) is -0.701. The van der Waals surface area contributed by atoms with E-state index in [1.54, 1.807) is 24.0 Å². The topological polar surface area (TPSA) is 93.8 Å². The summed E-state index contributed by atoms with van der Waals surface area (Å²) in [4.78, 5) is 26.8. The van der Waals surface area contributed by atoms with Crippen molar-refractivity contribution in [3.05, 3.63) is 87.2 Å². The van der Waals surface area contributed by atoms with Gasteiger partial charge in [-0.2, -0.15) is 14.9 Å². The van der Waals surface area contributed by atoms with Crippen LogP contribution >= 0.6 is 11.3 Å². The molecular formula is C23H23FN6O2S. The minimum atomic E-state index is -0.406. The maximum Gasteiger partial charge on any atom is 0.272 e. The zero-order chi connectivity index (χ0) is 23.5. The van der Waals surface area contributed by atoms with Crippen LogP contribution in [0.25, 0.3) is 16.1 Å². The summed E-state index contributed by atoms with van der Waals surface area (Å²) in [6.07, 6.45) is 3.14. The second-order valence-electron chi connectivity index (χ2n) is 7.57. The first-order valence-corrected chi connectivity index (χ1v) is 11.1. The Bertz CT molecular complexity index is 1360. The number of rotatable bonds is 7. The van der Waals surface area contributed by atoms with E-state index in [2.05, 4.69) is 20.8 Å². The van der Waals surface area contributed by atoms with Gasteiger partial charge in [-0.3, -0.25) is 14.3 Å². The normalized spacial score (nSPS) is 12.0. The van der Waals surface area contributed by atoms with Crippen LogP contribution in [0.15, 0.2) is 59.7 Å². The molecule has 0 unspecified atom stereocenters. The molecule has 0 aliphatic rings. The Kier molecular flexibility index (Phi) is 6.47. The average Bonchev–Trinajstić information content (AvgIpc) is 3.45. The standard InChI is InChI=1S/C23H23FN6O2S/c1-14(20-7-8-21(33-20)18-10-16(24)5-4-15(18)11-25-2)27-23(32)19-6-9-22(31)30(28-19)17-12-26-29(3)13-17/h4-10,12-14,25H,11H2,1-3H3,(H,27,32)/t14-/m1/s1. The lowest BCUT2D eigenvalue weighted by Crippen LogP contribution is -2.30. The highest BCUT2D eigenvalue weighted by Crippen LogP contribution is 2.34. The molecule has 1 aromatic carbocycles. The molecule has 0 aliphatic heterocycles. The number of hydrogen-bond acceptors (Lipinski definition) is 6. The van der Waals surface area contributed by atoms with Crippen LogP contribution < -0.4 is 16.2 Å². The number of thiophene rings is 1. The number of aryl methyl sites for hydroxylation is 1. The highest BCUT2D eigenvalue weighted by molar-refractivity contribution is 7.15. The molecule has 2 N–H and O–H groups in total. The van der Waals surface area contributed by atoms with Gasteiger partial charge < -0.3 is 10.6 Å². The quantitative estimate of drug-likeness (QED) is 0.437. The smallest absolute Gasteiger partial charge is 0.272 e. The van der Waals surface area contributed by atoms with Crippen molar-refractivity contribution in [2.75, 3.05) is 7.05 Å². The van der Waals surface area contributed by atoms with E-state index < -0.39 is 5.91 Å². The van der Waals surface area contributed by atoms with E-state index >= 15 is 0 Å². The van der Waals surface area contributed by atoms with Crippen LogP contribution in [-0.4, -0.2) is 32.5 Å². The number of nitrogens with one attached hydrogen (secondary N) is 2. The van der Waals surface area contributed by atoms with Crippen LogP contribution in [-0.2, 0) is 13.6 Å². The van der Waals surface area contributed by atoms with Gasteiger partial charge in [0.1, 0.15) is 17.2 Å². The number of amides is 1. The third-order valence-electron chi connectivity index (χ3n) is 5.07. The van der Waals surface area contributed by atoms with E-state index in [1.807, 2.05) is 26.1 Å². The Morgan fingerprint density at radius 1 is 1.21 bits per heavy atom. The summed E-state index contributed by atoms with van der Waals surface area (Å²) in [5.41, 5.74) is 2.04. The number of nitrogens with zero attached hydrogens (tertiary/aromatic N) is 4. The summed E-state index contributed by atoms with van der Waals surface area (Å²) in [5, 5.41) is 14.2. The Labute approximate surface area is 193 Å². The molecule has 170 valence electrons. The van der Waals surface area contributed by atoms with Gasteiger partial charge in [-0.1, -0.05) is 6.07 Å². The van der Waals surface area contributed by atoms with Gasteiger partial charge >= 0.3 is 0 Å². The van der Waals surface area contributed by atoms with Crippen LogP contribution in [0.4, 0.5) is 4.39 Å². The molecule has 0 aliphatic carbocycles. The molecule has 0 bridgehead atoms. The fourth-order valence-electron chi connectivity index (χ4n) is 3.43. The van der Waals surface area contributed by atoms with Crippen LogP contribution in [0.5, 0.6) is 0 Å². The van der Waals surface area contributed by atoms with E-state index in [0.717, 1.165) is 25.6 Å². The molecule has 0 saturated heterocycles. The number of carbonyl (C=O) groups is 1. The SMILES string of the molecule is CNCc1ccc(F)cc1-c1ccc([C@@H](C)NC(=O)c2ccc(=O)n(-c3cnn(C)c3)n2)s1. The van der Waals surface area contributed by atoms with Gasteiger partial charge in [0.15, 0.2) is 0 Å². The van der Waals surface area contributed by atoms with Gasteiger partial charge in [-0.25, -0.2) is 4.39 Å². The van der Waals surface area contributed by atoms with E-state index in [4.69, 9.17) is 0 Å². The maximum atomic E-state index is 13.9. The molecule has 33 heavy (non-hydrogen) atoms. The van der Waals surface area contributed by atoms with Crippen molar-refractivity contribution >= 4 is 17.2 Å². The first-order valence-electron chi connectivity index (χ1n) is 10.3. The minimum absolute atomic E-state index is 0.114. The monoisotopic (exact) mass is 466 g/mol. The Morgan fingerprint density at radius 3 is 2.76 bits per heavy atom. The van der Waals surface area contributed by atoms with Gasteiger partial charge in [0, 0.05) is 29.4 Å². The Hall–Kier alpha value is -3.63. The van der Waals surface area contributed by atoms with Crippen LogP contribution in [0.2, 0.25) is 0 Å². The van der Waals surface area contributed by atoms with Crippen LogP contribution in [0, 0.1) is 5.82 Å². The van der Waals surface area contributed by atoms with Gasteiger partial charge in [0.25, 0.3) is 11.5 Å². The number of carbonyl (C=O) groups excluding carboxylic acids is 1. The average molecular weight is 467 g/mol. The summed E-state index contributed by atoms with van der Waals surface area (Å²) in [7, 11) is 3.57. The summed E-state index contributed by atoms with van der Waals surface area (Å²) < 4.78 is 16.6. The third-order valence-corrected chi connectivity index (χ3v) is 6.38. The minimum Gasteiger partial charge on any atom is -0.343 e. The van der Waals surface area contributed by atoms with Gasteiger partial charge in [0.2, 0.25) is 0 Å². The number of hydrogen-bond donors (Lipinski definition) is 2. The second-order valence-corrected chi connectivity index (χ2v) is 8.69. The maximum absolute atomic E-state index is 13.9. The van der Waals surface area contributed by atoms with Gasteiger partial charge in [-0.15, -0.1) is 11.3 Å². The molecule has 0 saturated carbocycles. The Balaban J connectivity index is 1.54. The molecule has 0 spiro atoms. The zero-order valence-electron chi connectivity index (χ0n) is 18.4. The van der Waals surface area contributed by atoms with Crippen molar-refractivity contribution in [2.45, 2.75) is 19.5 Å². The molecule has 3 heterocycles. The predicted octanol–water partition coefficient (Wildman–Crippen LogP) is 3.04. The molecule has 3 aromatic heterocycles. The third kappa shape index (κ3) is 4.91. The molecule has 0 fully saturated rings. The fourth-order valence-corrected chi connectivity index (χ4v) is 4.49. The first kappa shape index (κ1) is 22.6.